The molecule has 0 aliphatic rings. The number of carbonyl (C=O) groups excluding carboxylic acids is 1. The predicted molar refractivity (Wildman–Crippen MR) is 103 cm³/mol. The largest absolute Gasteiger partial charge is 0.478 e. The van der Waals surface area contributed by atoms with Gasteiger partial charge in [0.1, 0.15) is 11.6 Å². The average molecular weight is 363 g/mol. The van der Waals surface area contributed by atoms with Crippen LogP contribution in [-0.4, -0.2) is 17.0 Å². The van der Waals surface area contributed by atoms with Gasteiger partial charge in [0.15, 0.2) is 0 Å². The normalized spacial score (nSPS) is 11.0. The highest BCUT2D eigenvalue weighted by molar-refractivity contribution is 6.06. The Morgan fingerprint density at radius 1 is 1.15 bits per heavy atom. The second-order valence-electron chi connectivity index (χ2n) is 6.25. The molecule has 0 bridgehead atoms. The molecule has 27 heavy (non-hydrogen) atoms. The van der Waals surface area contributed by atoms with Crippen molar-refractivity contribution in [2.45, 2.75) is 26.3 Å². The Labute approximate surface area is 158 Å². The van der Waals surface area contributed by atoms with E-state index in [-0.39, 0.29) is 17.1 Å². The fraction of sp³-hybridized carbons (Fsp3) is 0.190. The van der Waals surface area contributed by atoms with Crippen LogP contribution in [0.2, 0.25) is 0 Å². The lowest BCUT2D eigenvalue weighted by atomic mass is 10.0. The average Bonchev–Trinajstić information content (AvgIpc) is 2.65. The number of hydrogen-bond acceptors (Lipinski definition) is 4. The Morgan fingerprint density at radius 2 is 1.81 bits per heavy atom. The SMILES string of the molecule is CC(C)c1ccccc1NC(=O)/C(C#N)=C\NCc1ccc(C(=O)O)cc1. The zero-order valence-corrected chi connectivity index (χ0v) is 15.2. The van der Waals surface area contributed by atoms with Gasteiger partial charge in [0.05, 0.1) is 5.56 Å². The molecule has 0 aliphatic heterocycles. The number of hydrogen-bond donors (Lipinski definition) is 3. The van der Waals surface area contributed by atoms with E-state index >= 15 is 0 Å². The molecule has 0 saturated carbocycles. The molecule has 0 unspecified atom stereocenters. The molecule has 3 N–H and O–H groups in total. The van der Waals surface area contributed by atoms with Gasteiger partial charge in [-0.25, -0.2) is 4.79 Å². The minimum atomic E-state index is -0.987. The number of carboxylic acid groups (broad SMARTS) is 1. The zero-order chi connectivity index (χ0) is 19.8. The molecule has 138 valence electrons. The van der Waals surface area contributed by atoms with E-state index in [0.717, 1.165) is 11.1 Å². The number of carboxylic acids is 1. The van der Waals surface area contributed by atoms with Gasteiger partial charge in [-0.1, -0.05) is 44.2 Å². The van der Waals surface area contributed by atoms with Gasteiger partial charge in [-0.3, -0.25) is 4.79 Å². The van der Waals surface area contributed by atoms with Crippen LogP contribution in [0.4, 0.5) is 5.69 Å². The summed E-state index contributed by atoms with van der Waals surface area (Å²) in [5.41, 5.74) is 2.67. The smallest absolute Gasteiger partial charge is 0.335 e. The van der Waals surface area contributed by atoms with E-state index in [1.54, 1.807) is 18.2 Å². The summed E-state index contributed by atoms with van der Waals surface area (Å²) in [6.45, 7) is 4.42. The lowest BCUT2D eigenvalue weighted by Crippen LogP contribution is -2.17. The molecular formula is C21H21N3O3. The fourth-order valence-corrected chi connectivity index (χ4v) is 2.49. The topological polar surface area (TPSA) is 102 Å². The minimum Gasteiger partial charge on any atom is -0.478 e. The maximum Gasteiger partial charge on any atom is 0.335 e. The summed E-state index contributed by atoms with van der Waals surface area (Å²) in [6.07, 6.45) is 1.36. The summed E-state index contributed by atoms with van der Waals surface area (Å²) < 4.78 is 0. The monoisotopic (exact) mass is 363 g/mol. The van der Waals surface area contributed by atoms with Crippen LogP contribution in [0.5, 0.6) is 0 Å². The third kappa shape index (κ3) is 5.44. The number of anilines is 1. The van der Waals surface area contributed by atoms with Gasteiger partial charge in [0.25, 0.3) is 5.91 Å². The van der Waals surface area contributed by atoms with Gasteiger partial charge in [0, 0.05) is 18.4 Å². The quantitative estimate of drug-likeness (QED) is 0.515. The van der Waals surface area contributed by atoms with Crippen LogP contribution in [0.25, 0.3) is 0 Å². The summed E-state index contributed by atoms with van der Waals surface area (Å²) in [4.78, 5) is 23.2. The molecule has 0 spiro atoms. The van der Waals surface area contributed by atoms with Gasteiger partial charge in [-0.05, 0) is 35.2 Å². The Hall–Kier alpha value is -3.59. The van der Waals surface area contributed by atoms with Crippen LogP contribution in [0, 0.1) is 11.3 Å². The van der Waals surface area contributed by atoms with Crippen LogP contribution >= 0.6 is 0 Å². The summed E-state index contributed by atoms with van der Waals surface area (Å²) in [6, 6.07) is 15.7. The molecule has 6 nitrogen and oxygen atoms in total. The molecule has 6 heteroatoms. The molecule has 0 radical (unpaired) electrons. The van der Waals surface area contributed by atoms with Crippen LogP contribution in [-0.2, 0) is 11.3 Å². The van der Waals surface area contributed by atoms with Gasteiger partial charge >= 0.3 is 5.97 Å². The van der Waals surface area contributed by atoms with E-state index in [1.807, 2.05) is 38.1 Å². The van der Waals surface area contributed by atoms with Crippen LogP contribution in [0.1, 0.15) is 41.3 Å². The van der Waals surface area contributed by atoms with Gasteiger partial charge in [0.2, 0.25) is 0 Å². The molecule has 0 saturated heterocycles. The molecular weight excluding hydrogens is 342 g/mol. The van der Waals surface area contributed by atoms with Crippen LogP contribution < -0.4 is 10.6 Å². The second-order valence-corrected chi connectivity index (χ2v) is 6.25. The van der Waals surface area contributed by atoms with E-state index in [9.17, 15) is 14.9 Å². The lowest BCUT2D eigenvalue weighted by molar-refractivity contribution is -0.112. The Kier molecular flexibility index (Phi) is 6.73. The number of benzene rings is 2. The van der Waals surface area contributed by atoms with Crippen molar-refractivity contribution in [1.29, 1.82) is 5.26 Å². The number of carbonyl (C=O) groups is 2. The van der Waals surface area contributed by atoms with Crippen molar-refractivity contribution in [2.75, 3.05) is 5.32 Å². The predicted octanol–water partition coefficient (Wildman–Crippen LogP) is 3.64. The highest BCUT2D eigenvalue weighted by Crippen LogP contribution is 2.23. The number of rotatable bonds is 7. The molecule has 0 fully saturated rings. The van der Waals surface area contributed by atoms with Crippen LogP contribution in [0.15, 0.2) is 60.3 Å². The summed E-state index contributed by atoms with van der Waals surface area (Å²) in [7, 11) is 0. The van der Waals surface area contributed by atoms with E-state index in [0.29, 0.717) is 12.2 Å². The number of para-hydroxylation sites is 1. The standard InChI is InChI=1S/C21H21N3O3/c1-14(2)18-5-3-4-6-19(18)24-20(25)17(11-22)13-23-12-15-7-9-16(10-8-15)21(26)27/h3-10,13-14,23H,12H2,1-2H3,(H,24,25)(H,26,27)/b17-13-. The summed E-state index contributed by atoms with van der Waals surface area (Å²) in [5, 5.41) is 23.8. The van der Waals surface area contributed by atoms with Gasteiger partial charge in [-0.2, -0.15) is 5.26 Å². The Morgan fingerprint density at radius 3 is 2.41 bits per heavy atom. The van der Waals surface area contributed by atoms with Crippen molar-refractivity contribution < 1.29 is 14.7 Å². The lowest BCUT2D eigenvalue weighted by Gasteiger charge is -2.13. The number of aromatic carboxylic acids is 1. The fourth-order valence-electron chi connectivity index (χ4n) is 2.49. The number of amides is 1. The number of nitriles is 1. The van der Waals surface area contributed by atoms with E-state index in [1.165, 1.54) is 18.3 Å². The van der Waals surface area contributed by atoms with Gasteiger partial charge < -0.3 is 15.7 Å². The second kappa shape index (κ2) is 9.20. The summed E-state index contributed by atoms with van der Waals surface area (Å²) >= 11 is 0. The number of nitrogens with zero attached hydrogens (tertiary/aromatic N) is 1. The summed E-state index contributed by atoms with van der Waals surface area (Å²) in [5.74, 6) is -1.23. The zero-order valence-electron chi connectivity index (χ0n) is 15.2. The van der Waals surface area contributed by atoms with E-state index < -0.39 is 11.9 Å². The van der Waals surface area contributed by atoms with Crippen molar-refractivity contribution >= 4 is 17.6 Å². The van der Waals surface area contributed by atoms with Gasteiger partial charge in [-0.15, -0.1) is 0 Å². The molecule has 2 rings (SSSR count). The van der Waals surface area contributed by atoms with E-state index in [2.05, 4.69) is 10.6 Å². The van der Waals surface area contributed by atoms with Crippen molar-refractivity contribution in [3.63, 3.8) is 0 Å². The highest BCUT2D eigenvalue weighted by atomic mass is 16.4. The van der Waals surface area contributed by atoms with Crippen molar-refractivity contribution in [3.8, 4) is 6.07 Å². The highest BCUT2D eigenvalue weighted by Gasteiger charge is 2.13. The molecule has 1 amide bonds. The molecule has 0 aromatic heterocycles. The molecule has 0 atom stereocenters. The van der Waals surface area contributed by atoms with E-state index in [4.69, 9.17) is 5.11 Å². The van der Waals surface area contributed by atoms with Crippen molar-refractivity contribution in [3.05, 3.63) is 77.0 Å². The van der Waals surface area contributed by atoms with Crippen molar-refractivity contribution in [1.82, 2.24) is 5.32 Å². The van der Waals surface area contributed by atoms with Crippen molar-refractivity contribution in [2.24, 2.45) is 0 Å². The molecule has 2 aromatic rings. The third-order valence-corrected chi connectivity index (χ3v) is 3.95. The third-order valence-electron chi connectivity index (χ3n) is 3.95. The first kappa shape index (κ1) is 19.7. The first-order valence-electron chi connectivity index (χ1n) is 8.48. The minimum absolute atomic E-state index is 0.0456. The first-order valence-corrected chi connectivity index (χ1v) is 8.48. The first-order chi connectivity index (χ1) is 12.9. The molecule has 0 aliphatic carbocycles. The Balaban J connectivity index is 2.02. The van der Waals surface area contributed by atoms with Crippen LogP contribution in [0.3, 0.4) is 0 Å². The Bertz CT molecular complexity index is 894. The molecule has 0 heterocycles. The maximum absolute atomic E-state index is 12.4. The molecule has 2 aromatic carbocycles. The number of nitrogens with one attached hydrogen (secondary N) is 2. The maximum atomic E-state index is 12.4.